The molecule has 1 saturated carbocycles. The van der Waals surface area contributed by atoms with Gasteiger partial charge in [0.2, 0.25) is 0 Å². The smallest absolute Gasteiger partial charge is 0.387 e. The Kier molecular flexibility index (Phi) is 4.75. The molecule has 0 unspecified atom stereocenters. The van der Waals surface area contributed by atoms with Gasteiger partial charge in [-0.1, -0.05) is 31.5 Å². The van der Waals surface area contributed by atoms with Crippen molar-refractivity contribution in [3.05, 3.63) is 29.8 Å². The van der Waals surface area contributed by atoms with E-state index < -0.39 is 6.61 Å². The minimum Gasteiger partial charge on any atom is -0.434 e. The van der Waals surface area contributed by atoms with Gasteiger partial charge < -0.3 is 10.1 Å². The van der Waals surface area contributed by atoms with Crippen LogP contribution in [0.15, 0.2) is 24.3 Å². The van der Waals surface area contributed by atoms with Crippen LogP contribution in [0, 0.1) is 5.41 Å². The van der Waals surface area contributed by atoms with E-state index in [0.29, 0.717) is 12.0 Å². The molecule has 19 heavy (non-hydrogen) atoms. The summed E-state index contributed by atoms with van der Waals surface area (Å²) in [4.78, 5) is 0. The van der Waals surface area contributed by atoms with E-state index >= 15 is 0 Å². The molecule has 0 heterocycles. The highest BCUT2D eigenvalue weighted by atomic mass is 19.3. The highest BCUT2D eigenvalue weighted by Gasteiger charge is 2.40. The van der Waals surface area contributed by atoms with Crippen LogP contribution in [0.4, 0.5) is 8.78 Å². The molecule has 0 saturated heterocycles. The number of alkyl halides is 2. The SMILES string of the molecule is CCCC1(CNCc2ccccc2OC(F)F)CC1. The molecule has 1 aliphatic rings. The minimum atomic E-state index is -2.77. The van der Waals surface area contributed by atoms with Crippen molar-refractivity contribution in [2.75, 3.05) is 6.54 Å². The molecule has 0 radical (unpaired) electrons. The van der Waals surface area contributed by atoms with Gasteiger partial charge in [-0.05, 0) is 30.7 Å². The average Bonchev–Trinajstić information content (AvgIpc) is 3.11. The van der Waals surface area contributed by atoms with Crippen molar-refractivity contribution in [3.8, 4) is 5.75 Å². The Morgan fingerprint density at radius 1 is 1.32 bits per heavy atom. The molecule has 1 aromatic rings. The number of hydrogen-bond donors (Lipinski definition) is 1. The predicted octanol–water partition coefficient (Wildman–Crippen LogP) is 3.96. The number of para-hydroxylation sites is 1. The van der Waals surface area contributed by atoms with Gasteiger partial charge in [-0.15, -0.1) is 0 Å². The van der Waals surface area contributed by atoms with Crippen LogP contribution in [0.5, 0.6) is 5.75 Å². The highest BCUT2D eigenvalue weighted by Crippen LogP contribution is 2.48. The zero-order valence-electron chi connectivity index (χ0n) is 11.3. The molecule has 1 N–H and O–H groups in total. The van der Waals surface area contributed by atoms with Crippen molar-refractivity contribution < 1.29 is 13.5 Å². The largest absolute Gasteiger partial charge is 0.434 e. The lowest BCUT2D eigenvalue weighted by molar-refractivity contribution is -0.0505. The van der Waals surface area contributed by atoms with E-state index in [9.17, 15) is 8.78 Å². The third-order valence-electron chi connectivity index (χ3n) is 3.74. The summed E-state index contributed by atoms with van der Waals surface area (Å²) in [6.45, 7) is 0.973. The van der Waals surface area contributed by atoms with E-state index in [1.165, 1.54) is 25.7 Å². The second-order valence-electron chi connectivity index (χ2n) is 5.34. The molecule has 1 fully saturated rings. The van der Waals surface area contributed by atoms with Gasteiger partial charge in [-0.3, -0.25) is 0 Å². The zero-order valence-corrected chi connectivity index (χ0v) is 11.3. The van der Waals surface area contributed by atoms with Gasteiger partial charge in [0, 0.05) is 18.7 Å². The van der Waals surface area contributed by atoms with Crippen LogP contribution in [0.3, 0.4) is 0 Å². The lowest BCUT2D eigenvalue weighted by atomic mass is 10.0. The number of hydrogen-bond acceptors (Lipinski definition) is 2. The fourth-order valence-corrected chi connectivity index (χ4v) is 2.55. The van der Waals surface area contributed by atoms with Gasteiger partial charge >= 0.3 is 6.61 Å². The van der Waals surface area contributed by atoms with Gasteiger partial charge in [0.25, 0.3) is 0 Å². The first-order valence-corrected chi connectivity index (χ1v) is 6.89. The van der Waals surface area contributed by atoms with Crippen LogP contribution >= 0.6 is 0 Å². The standard InChI is InChI=1S/C15H21F2NO/c1-2-7-15(8-9-15)11-18-10-12-5-3-4-6-13(12)19-14(16)17/h3-6,14,18H,2,7-11H2,1H3. The number of benzene rings is 1. The molecule has 1 aliphatic carbocycles. The molecule has 4 heteroatoms. The maximum atomic E-state index is 12.3. The minimum absolute atomic E-state index is 0.269. The van der Waals surface area contributed by atoms with Gasteiger partial charge in [-0.25, -0.2) is 0 Å². The van der Waals surface area contributed by atoms with Crippen molar-refractivity contribution in [2.24, 2.45) is 5.41 Å². The van der Waals surface area contributed by atoms with E-state index in [0.717, 1.165) is 12.1 Å². The summed E-state index contributed by atoms with van der Waals surface area (Å²) in [7, 11) is 0. The first kappa shape index (κ1) is 14.3. The predicted molar refractivity (Wildman–Crippen MR) is 71.4 cm³/mol. The number of ether oxygens (including phenoxy) is 1. The Labute approximate surface area is 113 Å². The first-order chi connectivity index (χ1) is 9.15. The zero-order chi connectivity index (χ0) is 13.7. The number of rotatable bonds is 8. The summed E-state index contributed by atoms with van der Waals surface area (Å²) in [6.07, 6.45) is 5.01. The maximum absolute atomic E-state index is 12.3. The number of nitrogens with one attached hydrogen (secondary N) is 1. The van der Waals surface area contributed by atoms with Crippen LogP contribution in [-0.2, 0) is 6.54 Å². The van der Waals surface area contributed by atoms with Crippen LogP contribution in [0.1, 0.15) is 38.2 Å². The van der Waals surface area contributed by atoms with E-state index in [1.54, 1.807) is 12.1 Å². The normalized spacial score (nSPS) is 16.6. The lowest BCUT2D eigenvalue weighted by Crippen LogP contribution is -2.24. The summed E-state index contributed by atoms with van der Waals surface area (Å²) in [5.41, 5.74) is 1.25. The van der Waals surface area contributed by atoms with Crippen molar-refractivity contribution in [3.63, 3.8) is 0 Å². The molecule has 106 valence electrons. The van der Waals surface area contributed by atoms with Crippen molar-refractivity contribution >= 4 is 0 Å². The maximum Gasteiger partial charge on any atom is 0.387 e. The van der Waals surface area contributed by atoms with E-state index in [4.69, 9.17) is 0 Å². The summed E-state index contributed by atoms with van der Waals surface area (Å²) in [5.74, 6) is 0.269. The topological polar surface area (TPSA) is 21.3 Å². The molecular weight excluding hydrogens is 248 g/mol. The van der Waals surface area contributed by atoms with Crippen LogP contribution < -0.4 is 10.1 Å². The molecule has 0 aromatic heterocycles. The van der Waals surface area contributed by atoms with Gasteiger partial charge in [0.1, 0.15) is 5.75 Å². The second kappa shape index (κ2) is 6.33. The van der Waals surface area contributed by atoms with E-state index in [2.05, 4.69) is 17.0 Å². The van der Waals surface area contributed by atoms with Gasteiger partial charge in [0.05, 0.1) is 0 Å². The Balaban J connectivity index is 1.85. The molecule has 0 spiro atoms. The third-order valence-corrected chi connectivity index (χ3v) is 3.74. The monoisotopic (exact) mass is 269 g/mol. The molecule has 0 aliphatic heterocycles. The Hall–Kier alpha value is -1.16. The summed E-state index contributed by atoms with van der Waals surface area (Å²) in [6, 6.07) is 6.96. The van der Waals surface area contributed by atoms with Crippen LogP contribution in [0.25, 0.3) is 0 Å². The first-order valence-electron chi connectivity index (χ1n) is 6.89. The summed E-state index contributed by atoms with van der Waals surface area (Å²) < 4.78 is 29.1. The van der Waals surface area contributed by atoms with Crippen molar-refractivity contribution in [1.82, 2.24) is 5.32 Å². The molecule has 2 nitrogen and oxygen atoms in total. The Bertz CT molecular complexity index is 405. The fraction of sp³-hybridized carbons (Fsp3) is 0.600. The quantitative estimate of drug-likeness (QED) is 0.771. The molecule has 0 bridgehead atoms. The van der Waals surface area contributed by atoms with Crippen LogP contribution in [-0.4, -0.2) is 13.2 Å². The van der Waals surface area contributed by atoms with Crippen molar-refractivity contribution in [1.29, 1.82) is 0 Å². The molecule has 2 rings (SSSR count). The van der Waals surface area contributed by atoms with Crippen molar-refractivity contribution in [2.45, 2.75) is 45.8 Å². The third kappa shape index (κ3) is 4.16. The molecule has 0 amide bonds. The molecule has 0 atom stereocenters. The Morgan fingerprint density at radius 3 is 2.68 bits per heavy atom. The number of halogens is 2. The van der Waals surface area contributed by atoms with Gasteiger partial charge in [0.15, 0.2) is 0 Å². The molecule has 1 aromatic carbocycles. The fourth-order valence-electron chi connectivity index (χ4n) is 2.55. The summed E-state index contributed by atoms with van der Waals surface area (Å²) in [5, 5.41) is 3.38. The van der Waals surface area contributed by atoms with Crippen LogP contribution in [0.2, 0.25) is 0 Å². The molecular formula is C15H21F2NO. The summed E-state index contributed by atoms with van der Waals surface area (Å²) >= 11 is 0. The van der Waals surface area contributed by atoms with Gasteiger partial charge in [-0.2, -0.15) is 8.78 Å². The second-order valence-corrected chi connectivity index (χ2v) is 5.34. The van der Waals surface area contributed by atoms with E-state index in [1.807, 2.05) is 12.1 Å². The lowest BCUT2D eigenvalue weighted by Gasteiger charge is -2.16. The Morgan fingerprint density at radius 2 is 2.05 bits per heavy atom. The average molecular weight is 269 g/mol. The van der Waals surface area contributed by atoms with E-state index in [-0.39, 0.29) is 5.75 Å². The highest BCUT2D eigenvalue weighted by molar-refractivity contribution is 5.33.